The second kappa shape index (κ2) is 4.83. The standard InChI is InChI=1S/C13H10F2N2O/c14-10-6-5-8(7-11(10)15)18-12-4-2-1-3-9(12)13(16)17/h1-7H,(H3,16,17). The van der Waals surface area contributed by atoms with Gasteiger partial charge in [-0.15, -0.1) is 0 Å². The van der Waals surface area contributed by atoms with Gasteiger partial charge in [-0.05, 0) is 24.3 Å². The van der Waals surface area contributed by atoms with Crippen LogP contribution in [0.15, 0.2) is 42.5 Å². The number of halogens is 2. The van der Waals surface area contributed by atoms with Crippen molar-refractivity contribution in [3.63, 3.8) is 0 Å². The minimum atomic E-state index is -0.993. The molecule has 0 unspecified atom stereocenters. The molecular formula is C13H10F2N2O. The summed E-state index contributed by atoms with van der Waals surface area (Å²) in [6, 6.07) is 9.81. The van der Waals surface area contributed by atoms with Crippen molar-refractivity contribution in [2.75, 3.05) is 0 Å². The van der Waals surface area contributed by atoms with Crippen LogP contribution in [0.4, 0.5) is 8.78 Å². The fraction of sp³-hybridized carbons (Fsp3) is 0. The zero-order chi connectivity index (χ0) is 13.1. The van der Waals surface area contributed by atoms with Crippen molar-refractivity contribution in [1.82, 2.24) is 0 Å². The van der Waals surface area contributed by atoms with Gasteiger partial charge in [-0.3, -0.25) is 5.41 Å². The highest BCUT2D eigenvalue weighted by atomic mass is 19.2. The van der Waals surface area contributed by atoms with E-state index in [0.29, 0.717) is 11.3 Å². The van der Waals surface area contributed by atoms with Crippen molar-refractivity contribution in [3.8, 4) is 11.5 Å². The molecule has 3 N–H and O–H groups in total. The molecule has 2 rings (SSSR count). The molecule has 5 heteroatoms. The van der Waals surface area contributed by atoms with E-state index in [1.165, 1.54) is 6.07 Å². The number of para-hydroxylation sites is 1. The molecule has 0 spiro atoms. The first-order chi connectivity index (χ1) is 8.58. The Bertz CT molecular complexity index is 599. The number of ether oxygens (including phenoxy) is 1. The summed E-state index contributed by atoms with van der Waals surface area (Å²) in [5.41, 5.74) is 5.78. The van der Waals surface area contributed by atoms with Gasteiger partial charge in [-0.1, -0.05) is 12.1 Å². The smallest absolute Gasteiger partial charge is 0.162 e. The van der Waals surface area contributed by atoms with E-state index in [4.69, 9.17) is 15.9 Å². The van der Waals surface area contributed by atoms with Crippen LogP contribution >= 0.6 is 0 Å². The van der Waals surface area contributed by atoms with E-state index >= 15 is 0 Å². The molecule has 0 bridgehead atoms. The molecule has 92 valence electrons. The van der Waals surface area contributed by atoms with E-state index < -0.39 is 11.6 Å². The van der Waals surface area contributed by atoms with Crippen LogP contribution in [0.25, 0.3) is 0 Å². The molecule has 0 radical (unpaired) electrons. The summed E-state index contributed by atoms with van der Waals surface area (Å²) in [7, 11) is 0. The third-order valence-electron chi connectivity index (χ3n) is 2.30. The second-order valence-corrected chi connectivity index (χ2v) is 3.59. The lowest BCUT2D eigenvalue weighted by Gasteiger charge is -2.10. The zero-order valence-corrected chi connectivity index (χ0v) is 9.28. The summed E-state index contributed by atoms with van der Waals surface area (Å²) in [5, 5.41) is 7.38. The zero-order valence-electron chi connectivity index (χ0n) is 9.28. The fourth-order valence-electron chi connectivity index (χ4n) is 1.45. The average molecular weight is 248 g/mol. The molecule has 0 aliphatic heterocycles. The Labute approximate surface area is 102 Å². The molecule has 0 saturated heterocycles. The molecule has 2 aromatic carbocycles. The van der Waals surface area contributed by atoms with Gasteiger partial charge in [0.25, 0.3) is 0 Å². The number of rotatable bonds is 3. The average Bonchev–Trinajstić information content (AvgIpc) is 2.34. The lowest BCUT2D eigenvalue weighted by atomic mass is 10.2. The highest BCUT2D eigenvalue weighted by molar-refractivity contribution is 5.97. The molecule has 2 aromatic rings. The molecule has 0 amide bonds. The Hall–Kier alpha value is -2.43. The van der Waals surface area contributed by atoms with Gasteiger partial charge >= 0.3 is 0 Å². The largest absolute Gasteiger partial charge is 0.456 e. The highest BCUT2D eigenvalue weighted by Gasteiger charge is 2.08. The van der Waals surface area contributed by atoms with Crippen LogP contribution in [-0.2, 0) is 0 Å². The van der Waals surface area contributed by atoms with Crippen LogP contribution < -0.4 is 10.5 Å². The summed E-state index contributed by atoms with van der Waals surface area (Å²) in [6.45, 7) is 0. The number of amidine groups is 1. The summed E-state index contributed by atoms with van der Waals surface area (Å²) < 4.78 is 31.2. The maximum absolute atomic E-state index is 13.0. The minimum absolute atomic E-state index is 0.141. The minimum Gasteiger partial charge on any atom is -0.456 e. The van der Waals surface area contributed by atoms with Crippen molar-refractivity contribution in [3.05, 3.63) is 59.7 Å². The molecule has 0 fully saturated rings. The Morgan fingerprint density at radius 1 is 1.06 bits per heavy atom. The summed E-state index contributed by atoms with van der Waals surface area (Å²) >= 11 is 0. The molecule has 0 aliphatic rings. The number of hydrogen-bond acceptors (Lipinski definition) is 2. The normalized spacial score (nSPS) is 10.1. The molecule has 0 aliphatic carbocycles. The van der Waals surface area contributed by atoms with Crippen molar-refractivity contribution in [1.29, 1.82) is 5.41 Å². The summed E-state index contributed by atoms with van der Waals surface area (Å²) in [5.74, 6) is -1.64. The van der Waals surface area contributed by atoms with Gasteiger partial charge in [-0.2, -0.15) is 0 Å². The Kier molecular flexibility index (Phi) is 3.23. The molecule has 18 heavy (non-hydrogen) atoms. The number of nitrogen functional groups attached to an aromatic ring is 1. The molecule has 0 aromatic heterocycles. The van der Waals surface area contributed by atoms with Crippen molar-refractivity contribution in [2.45, 2.75) is 0 Å². The van der Waals surface area contributed by atoms with Gasteiger partial charge in [-0.25, -0.2) is 8.78 Å². The number of nitrogens with one attached hydrogen (secondary N) is 1. The lowest BCUT2D eigenvalue weighted by molar-refractivity contribution is 0.461. The van der Waals surface area contributed by atoms with Crippen molar-refractivity contribution < 1.29 is 13.5 Å². The van der Waals surface area contributed by atoms with Crippen molar-refractivity contribution >= 4 is 5.84 Å². The Balaban J connectivity index is 2.34. The summed E-state index contributed by atoms with van der Waals surface area (Å²) in [6.07, 6.45) is 0. The van der Waals surface area contributed by atoms with Crippen LogP contribution in [0.1, 0.15) is 5.56 Å². The fourth-order valence-corrected chi connectivity index (χ4v) is 1.45. The predicted molar refractivity (Wildman–Crippen MR) is 63.9 cm³/mol. The van der Waals surface area contributed by atoms with E-state index in [-0.39, 0.29) is 11.6 Å². The molecule has 0 atom stereocenters. The van der Waals surface area contributed by atoms with Gasteiger partial charge in [0.05, 0.1) is 5.56 Å². The maximum Gasteiger partial charge on any atom is 0.162 e. The Morgan fingerprint density at radius 2 is 1.78 bits per heavy atom. The van der Waals surface area contributed by atoms with Crippen LogP contribution in [-0.4, -0.2) is 5.84 Å². The van der Waals surface area contributed by atoms with E-state index in [1.54, 1.807) is 24.3 Å². The van der Waals surface area contributed by atoms with Crippen LogP contribution in [0, 0.1) is 17.0 Å². The third-order valence-corrected chi connectivity index (χ3v) is 2.30. The topological polar surface area (TPSA) is 59.1 Å². The van der Waals surface area contributed by atoms with Gasteiger partial charge < -0.3 is 10.5 Å². The van der Waals surface area contributed by atoms with E-state index in [2.05, 4.69) is 0 Å². The van der Waals surface area contributed by atoms with Crippen molar-refractivity contribution in [2.24, 2.45) is 5.73 Å². The van der Waals surface area contributed by atoms with Crippen LogP contribution in [0.5, 0.6) is 11.5 Å². The molecule has 0 heterocycles. The van der Waals surface area contributed by atoms with Gasteiger partial charge in [0.15, 0.2) is 11.6 Å². The lowest BCUT2D eigenvalue weighted by Crippen LogP contribution is -2.12. The van der Waals surface area contributed by atoms with Gasteiger partial charge in [0.2, 0.25) is 0 Å². The molecular weight excluding hydrogens is 238 g/mol. The van der Waals surface area contributed by atoms with E-state index in [0.717, 1.165) is 12.1 Å². The van der Waals surface area contributed by atoms with Crippen LogP contribution in [0.3, 0.4) is 0 Å². The number of nitrogens with two attached hydrogens (primary N) is 1. The molecule has 0 saturated carbocycles. The third kappa shape index (κ3) is 2.45. The van der Waals surface area contributed by atoms with Gasteiger partial charge in [0.1, 0.15) is 17.3 Å². The highest BCUT2D eigenvalue weighted by Crippen LogP contribution is 2.26. The quantitative estimate of drug-likeness (QED) is 0.647. The first-order valence-electron chi connectivity index (χ1n) is 5.14. The molecule has 3 nitrogen and oxygen atoms in total. The van der Waals surface area contributed by atoms with Gasteiger partial charge in [0, 0.05) is 6.07 Å². The first kappa shape index (κ1) is 12.0. The number of hydrogen-bond donors (Lipinski definition) is 2. The second-order valence-electron chi connectivity index (χ2n) is 3.59. The Morgan fingerprint density at radius 3 is 2.44 bits per heavy atom. The SMILES string of the molecule is N=C(N)c1ccccc1Oc1ccc(F)c(F)c1. The van der Waals surface area contributed by atoms with E-state index in [9.17, 15) is 8.78 Å². The predicted octanol–water partition coefficient (Wildman–Crippen LogP) is 3.04. The van der Waals surface area contributed by atoms with Crippen LogP contribution in [0.2, 0.25) is 0 Å². The summed E-state index contributed by atoms with van der Waals surface area (Å²) in [4.78, 5) is 0. The first-order valence-corrected chi connectivity index (χ1v) is 5.14. The monoisotopic (exact) mass is 248 g/mol. The maximum atomic E-state index is 13.0. The van der Waals surface area contributed by atoms with E-state index in [1.807, 2.05) is 0 Å². The number of benzene rings is 2.